The fourth-order valence-electron chi connectivity index (χ4n) is 1.94. The highest BCUT2D eigenvalue weighted by atomic mass is 19.2. The quantitative estimate of drug-likeness (QED) is 0.910. The van der Waals surface area contributed by atoms with Gasteiger partial charge in [-0.1, -0.05) is 6.07 Å². The maximum absolute atomic E-state index is 13.1. The van der Waals surface area contributed by atoms with Crippen LogP contribution in [0.5, 0.6) is 0 Å². The predicted molar refractivity (Wildman–Crippen MR) is 79.0 cm³/mol. The number of nitrogens with one attached hydrogen (secondary N) is 2. The first-order valence-electron chi connectivity index (χ1n) is 7.07. The van der Waals surface area contributed by atoms with E-state index >= 15 is 0 Å². The van der Waals surface area contributed by atoms with Gasteiger partial charge in [-0.2, -0.15) is 0 Å². The van der Waals surface area contributed by atoms with Crippen molar-refractivity contribution in [3.63, 3.8) is 0 Å². The van der Waals surface area contributed by atoms with E-state index in [1.54, 1.807) is 0 Å². The highest BCUT2D eigenvalue weighted by molar-refractivity contribution is 6.03. The number of amides is 2. The smallest absolute Gasteiger partial charge is 0.274 e. The summed E-state index contributed by atoms with van der Waals surface area (Å²) >= 11 is 0. The first-order valence-corrected chi connectivity index (χ1v) is 7.07. The minimum absolute atomic E-state index is 0.0122. The van der Waals surface area contributed by atoms with E-state index in [4.69, 9.17) is 0 Å². The fraction of sp³-hybridized carbons (Fsp3) is 0.188. The molecule has 3 rings (SSSR count). The summed E-state index contributed by atoms with van der Waals surface area (Å²) in [7, 11) is 0. The van der Waals surface area contributed by atoms with Crippen LogP contribution in [-0.4, -0.2) is 22.8 Å². The minimum atomic E-state index is -1.06. The van der Waals surface area contributed by atoms with Crippen molar-refractivity contribution in [2.45, 2.75) is 18.9 Å². The van der Waals surface area contributed by atoms with Gasteiger partial charge in [0.1, 0.15) is 11.4 Å². The first kappa shape index (κ1) is 15.1. The molecule has 2 aromatic rings. The molecule has 0 saturated heterocycles. The number of anilines is 1. The molecule has 0 unspecified atom stereocenters. The van der Waals surface area contributed by atoms with Gasteiger partial charge in [-0.3, -0.25) is 9.59 Å². The number of aromatic nitrogens is 1. The van der Waals surface area contributed by atoms with Crippen molar-refractivity contribution in [3.8, 4) is 0 Å². The minimum Gasteiger partial charge on any atom is -0.348 e. The summed E-state index contributed by atoms with van der Waals surface area (Å²) < 4.78 is 26.0. The second kappa shape index (κ2) is 6.12. The number of halogens is 2. The van der Waals surface area contributed by atoms with Crippen molar-refractivity contribution in [3.05, 3.63) is 59.4 Å². The van der Waals surface area contributed by atoms with Gasteiger partial charge >= 0.3 is 0 Å². The third-order valence-corrected chi connectivity index (χ3v) is 3.30. The molecule has 1 heterocycles. The van der Waals surface area contributed by atoms with Gasteiger partial charge in [-0.15, -0.1) is 0 Å². The molecule has 0 bridgehead atoms. The summed E-state index contributed by atoms with van der Waals surface area (Å²) in [5, 5.41) is 5.18. The number of carbonyl (C=O) groups is 2. The van der Waals surface area contributed by atoms with Crippen LogP contribution in [0.15, 0.2) is 36.4 Å². The second-order valence-electron chi connectivity index (χ2n) is 5.24. The van der Waals surface area contributed by atoms with Crippen molar-refractivity contribution >= 4 is 17.5 Å². The number of carbonyl (C=O) groups excluding carboxylic acids is 2. The van der Waals surface area contributed by atoms with Crippen LogP contribution >= 0.6 is 0 Å². The molecule has 0 spiro atoms. The maximum Gasteiger partial charge on any atom is 0.274 e. The molecule has 1 aliphatic rings. The molecular weight excluding hydrogens is 304 g/mol. The lowest BCUT2D eigenvalue weighted by atomic mass is 10.2. The van der Waals surface area contributed by atoms with Crippen molar-refractivity contribution < 1.29 is 18.4 Å². The van der Waals surface area contributed by atoms with Gasteiger partial charge in [-0.05, 0) is 37.1 Å². The molecule has 23 heavy (non-hydrogen) atoms. The summed E-state index contributed by atoms with van der Waals surface area (Å²) in [6.45, 7) is 0. The van der Waals surface area contributed by atoms with Crippen LogP contribution in [0.1, 0.15) is 33.8 Å². The Balaban J connectivity index is 1.73. The van der Waals surface area contributed by atoms with E-state index < -0.39 is 17.5 Å². The molecule has 1 saturated carbocycles. The molecule has 1 aliphatic carbocycles. The Hall–Kier alpha value is -2.83. The van der Waals surface area contributed by atoms with Crippen molar-refractivity contribution in [2.24, 2.45) is 0 Å². The zero-order valence-electron chi connectivity index (χ0n) is 12.0. The summed E-state index contributed by atoms with van der Waals surface area (Å²) in [5.41, 5.74) is 0.247. The van der Waals surface area contributed by atoms with Crippen molar-refractivity contribution in [1.29, 1.82) is 0 Å². The molecule has 0 radical (unpaired) electrons. The Labute approximate surface area is 130 Å². The number of pyridine rings is 1. The standard InChI is InChI=1S/C16H13F2N3O2/c17-11-7-6-10(8-12(11)18)20-16(23)14-3-1-2-13(21-14)15(22)19-9-4-5-9/h1-3,6-9H,4-5H2,(H,19,22)(H,20,23). The molecule has 1 aromatic heterocycles. The lowest BCUT2D eigenvalue weighted by Gasteiger charge is -2.07. The first-order chi connectivity index (χ1) is 11.0. The van der Waals surface area contributed by atoms with E-state index in [9.17, 15) is 18.4 Å². The van der Waals surface area contributed by atoms with Crippen LogP contribution in [-0.2, 0) is 0 Å². The highest BCUT2D eigenvalue weighted by Gasteiger charge is 2.24. The molecule has 0 aliphatic heterocycles. The van der Waals surface area contributed by atoms with Crippen LogP contribution < -0.4 is 10.6 Å². The zero-order valence-corrected chi connectivity index (χ0v) is 12.0. The van der Waals surface area contributed by atoms with Crippen LogP contribution in [0.2, 0.25) is 0 Å². The number of rotatable bonds is 4. The predicted octanol–water partition coefficient (Wildman–Crippen LogP) is 2.50. The normalized spacial score (nSPS) is 13.5. The Kier molecular flexibility index (Phi) is 4.01. The third-order valence-electron chi connectivity index (χ3n) is 3.30. The van der Waals surface area contributed by atoms with Crippen molar-refractivity contribution in [1.82, 2.24) is 10.3 Å². The highest BCUT2D eigenvalue weighted by Crippen LogP contribution is 2.19. The van der Waals surface area contributed by atoms with E-state index in [2.05, 4.69) is 15.6 Å². The Morgan fingerprint density at radius 1 is 1.00 bits per heavy atom. The SMILES string of the molecule is O=C(Nc1ccc(F)c(F)c1)c1cccc(C(=O)NC2CC2)n1. The van der Waals surface area contributed by atoms with Gasteiger partial charge in [0, 0.05) is 17.8 Å². The Bertz CT molecular complexity index is 776. The molecule has 118 valence electrons. The number of hydrogen-bond acceptors (Lipinski definition) is 3. The summed E-state index contributed by atoms with van der Waals surface area (Å²) in [5.74, 6) is -3.01. The number of benzene rings is 1. The summed E-state index contributed by atoms with van der Waals surface area (Å²) in [4.78, 5) is 28.0. The third kappa shape index (κ3) is 3.68. The topological polar surface area (TPSA) is 71.1 Å². The van der Waals surface area contributed by atoms with E-state index in [-0.39, 0.29) is 29.0 Å². The molecule has 1 aromatic carbocycles. The average Bonchev–Trinajstić information content (AvgIpc) is 3.35. The average molecular weight is 317 g/mol. The van der Waals surface area contributed by atoms with Gasteiger partial charge in [-0.25, -0.2) is 13.8 Å². The van der Waals surface area contributed by atoms with E-state index in [1.807, 2.05) is 0 Å². The Morgan fingerprint density at radius 3 is 2.35 bits per heavy atom. The summed E-state index contributed by atoms with van der Waals surface area (Å²) in [6.07, 6.45) is 1.89. The van der Waals surface area contributed by atoms with Crippen LogP contribution in [0, 0.1) is 11.6 Å². The zero-order chi connectivity index (χ0) is 16.4. The van der Waals surface area contributed by atoms with Crippen molar-refractivity contribution in [2.75, 3.05) is 5.32 Å². The molecule has 2 amide bonds. The molecule has 0 atom stereocenters. The van der Waals surface area contributed by atoms with E-state index in [0.29, 0.717) is 0 Å². The van der Waals surface area contributed by atoms with Gasteiger partial charge in [0.15, 0.2) is 11.6 Å². The largest absolute Gasteiger partial charge is 0.348 e. The second-order valence-corrected chi connectivity index (χ2v) is 5.24. The lowest BCUT2D eigenvalue weighted by Crippen LogP contribution is -2.27. The van der Waals surface area contributed by atoms with Gasteiger partial charge in [0.2, 0.25) is 0 Å². The molecular formula is C16H13F2N3O2. The van der Waals surface area contributed by atoms with Crippen LogP contribution in [0.4, 0.5) is 14.5 Å². The van der Waals surface area contributed by atoms with Gasteiger partial charge in [0.25, 0.3) is 11.8 Å². The molecule has 7 heteroatoms. The van der Waals surface area contributed by atoms with Gasteiger partial charge in [0.05, 0.1) is 0 Å². The monoisotopic (exact) mass is 317 g/mol. The molecule has 1 fully saturated rings. The fourth-order valence-corrected chi connectivity index (χ4v) is 1.94. The number of hydrogen-bond donors (Lipinski definition) is 2. The van der Waals surface area contributed by atoms with Crippen LogP contribution in [0.3, 0.4) is 0 Å². The maximum atomic E-state index is 13.1. The summed E-state index contributed by atoms with van der Waals surface area (Å²) in [6, 6.07) is 7.68. The van der Waals surface area contributed by atoms with E-state index in [1.165, 1.54) is 24.3 Å². The lowest BCUT2D eigenvalue weighted by molar-refractivity contribution is 0.0946. The number of nitrogens with zero attached hydrogens (tertiary/aromatic N) is 1. The van der Waals surface area contributed by atoms with Crippen LogP contribution in [0.25, 0.3) is 0 Å². The van der Waals surface area contributed by atoms with E-state index in [0.717, 1.165) is 25.0 Å². The molecule has 5 nitrogen and oxygen atoms in total. The Morgan fingerprint density at radius 2 is 1.70 bits per heavy atom. The molecule has 2 N–H and O–H groups in total. The van der Waals surface area contributed by atoms with Gasteiger partial charge < -0.3 is 10.6 Å².